The van der Waals surface area contributed by atoms with Crippen molar-refractivity contribution in [3.63, 3.8) is 0 Å². The molecule has 2 aromatic rings. The molecule has 0 saturated carbocycles. The molecular formula is C26H30Cl2N2OS. The molecule has 0 saturated heterocycles. The first kappa shape index (κ1) is 26.2. The third-order valence-corrected chi connectivity index (χ3v) is 6.48. The van der Waals surface area contributed by atoms with Gasteiger partial charge in [-0.15, -0.1) is 0 Å². The van der Waals surface area contributed by atoms with E-state index < -0.39 is 0 Å². The number of nitrogens with zero attached hydrogens (tertiary/aromatic N) is 1. The van der Waals surface area contributed by atoms with Crippen molar-refractivity contribution in [3.8, 4) is 0 Å². The van der Waals surface area contributed by atoms with Gasteiger partial charge in [-0.05, 0) is 31.0 Å². The van der Waals surface area contributed by atoms with Crippen LogP contribution >= 0.6 is 35.0 Å². The third-order valence-electron chi connectivity index (χ3n) is 4.63. The van der Waals surface area contributed by atoms with Gasteiger partial charge in [0.2, 0.25) is 5.91 Å². The van der Waals surface area contributed by atoms with Crippen molar-refractivity contribution in [3.05, 3.63) is 86.8 Å². The number of thioether (sulfide) groups is 1. The molecule has 0 radical (unpaired) electrons. The summed E-state index contributed by atoms with van der Waals surface area (Å²) in [6.07, 6.45) is 9.45. The average molecular weight is 490 g/mol. The molecule has 0 aliphatic heterocycles. The predicted molar refractivity (Wildman–Crippen MR) is 140 cm³/mol. The van der Waals surface area contributed by atoms with Crippen molar-refractivity contribution < 1.29 is 4.79 Å². The van der Waals surface area contributed by atoms with Crippen LogP contribution in [-0.2, 0) is 4.79 Å². The molecule has 0 spiro atoms. The van der Waals surface area contributed by atoms with Gasteiger partial charge in [0.05, 0.1) is 15.8 Å². The minimum Gasteiger partial charge on any atom is -0.356 e. The smallest absolute Gasteiger partial charge is 0.223 e. The molecule has 3 nitrogen and oxygen atoms in total. The summed E-state index contributed by atoms with van der Waals surface area (Å²) in [5.41, 5.74) is 2.78. The zero-order valence-electron chi connectivity index (χ0n) is 18.8. The standard InChI is InChI=1S/C26H30Cl2N2OS/c1-4-6-17-30-25(31)14-9-11-20(10-5-2)32-24-13-8-7-12-21(24)26(29-3)19-15-16-22(27)23(28)18-19/h7-13,15-16,18H,4-6,14,17H2,1-3H3,(H,30,31)/b11-9-,20-10+,29-26?. The second kappa shape index (κ2) is 14.2. The highest BCUT2D eigenvalue weighted by molar-refractivity contribution is 8.03. The first-order chi connectivity index (χ1) is 15.5. The Balaban J connectivity index is 2.22. The van der Waals surface area contributed by atoms with Crippen molar-refractivity contribution in [2.45, 2.75) is 44.4 Å². The zero-order valence-corrected chi connectivity index (χ0v) is 21.2. The lowest BCUT2D eigenvalue weighted by molar-refractivity contribution is -0.120. The molecule has 2 aromatic carbocycles. The number of carbonyl (C=O) groups is 1. The van der Waals surface area contributed by atoms with Gasteiger partial charge in [-0.1, -0.05) is 97.7 Å². The molecule has 0 unspecified atom stereocenters. The summed E-state index contributed by atoms with van der Waals surface area (Å²) in [4.78, 5) is 18.7. The molecule has 32 heavy (non-hydrogen) atoms. The summed E-state index contributed by atoms with van der Waals surface area (Å²) in [6.45, 7) is 4.95. The lowest BCUT2D eigenvalue weighted by Gasteiger charge is -2.13. The van der Waals surface area contributed by atoms with Crippen LogP contribution in [0.25, 0.3) is 0 Å². The summed E-state index contributed by atoms with van der Waals surface area (Å²) in [7, 11) is 1.78. The highest BCUT2D eigenvalue weighted by Gasteiger charge is 2.13. The molecule has 170 valence electrons. The molecule has 0 aromatic heterocycles. The Kier molecular flexibility index (Phi) is 11.6. The minimum absolute atomic E-state index is 0.0518. The number of halogens is 2. The lowest BCUT2D eigenvalue weighted by atomic mass is 10.0. The highest BCUT2D eigenvalue weighted by Crippen LogP contribution is 2.33. The Morgan fingerprint density at radius 2 is 1.91 bits per heavy atom. The molecule has 1 amide bonds. The van der Waals surface area contributed by atoms with Gasteiger partial charge in [0.25, 0.3) is 0 Å². The summed E-state index contributed by atoms with van der Waals surface area (Å²) in [5.74, 6) is 0.0518. The SMILES string of the molecule is CC/C=C(\C=C/CC(=O)NCCCC)Sc1ccccc1C(=NC)c1ccc(Cl)c(Cl)c1. The number of benzene rings is 2. The molecular weight excluding hydrogens is 459 g/mol. The molecule has 0 heterocycles. The Labute approximate surface area is 206 Å². The first-order valence-corrected chi connectivity index (χ1v) is 12.4. The van der Waals surface area contributed by atoms with Crippen molar-refractivity contribution in [2.24, 2.45) is 4.99 Å². The Bertz CT molecular complexity index is 999. The molecule has 0 atom stereocenters. The van der Waals surface area contributed by atoms with Crippen LogP contribution in [0.2, 0.25) is 10.0 Å². The van der Waals surface area contributed by atoms with Crippen molar-refractivity contribution >= 4 is 46.6 Å². The van der Waals surface area contributed by atoms with Crippen LogP contribution < -0.4 is 5.32 Å². The number of nitrogens with one attached hydrogen (secondary N) is 1. The van der Waals surface area contributed by atoms with Gasteiger partial charge in [0.1, 0.15) is 0 Å². The van der Waals surface area contributed by atoms with E-state index in [0.29, 0.717) is 16.5 Å². The quantitative estimate of drug-likeness (QED) is 0.152. The molecule has 0 aliphatic carbocycles. The number of rotatable bonds is 11. The van der Waals surface area contributed by atoms with Gasteiger partial charge in [-0.2, -0.15) is 0 Å². The number of unbranched alkanes of at least 4 members (excludes halogenated alkanes) is 1. The van der Waals surface area contributed by atoms with Crippen LogP contribution in [0.5, 0.6) is 0 Å². The monoisotopic (exact) mass is 488 g/mol. The van der Waals surface area contributed by atoms with E-state index in [1.807, 2.05) is 36.4 Å². The van der Waals surface area contributed by atoms with E-state index in [-0.39, 0.29) is 5.91 Å². The Morgan fingerprint density at radius 3 is 2.59 bits per heavy atom. The second-order valence-corrected chi connectivity index (χ2v) is 9.05. The molecule has 0 aliphatic rings. The van der Waals surface area contributed by atoms with E-state index in [1.54, 1.807) is 24.9 Å². The number of carbonyl (C=O) groups excluding carboxylic acids is 1. The van der Waals surface area contributed by atoms with Gasteiger partial charge in [0, 0.05) is 40.9 Å². The van der Waals surface area contributed by atoms with Crippen LogP contribution in [0.3, 0.4) is 0 Å². The second-order valence-electron chi connectivity index (χ2n) is 7.12. The topological polar surface area (TPSA) is 41.5 Å². The molecule has 1 N–H and O–H groups in total. The Morgan fingerprint density at radius 1 is 1.12 bits per heavy atom. The van der Waals surface area contributed by atoms with Crippen molar-refractivity contribution in [1.29, 1.82) is 0 Å². The van der Waals surface area contributed by atoms with E-state index in [4.69, 9.17) is 23.2 Å². The van der Waals surface area contributed by atoms with Crippen LogP contribution in [0, 0.1) is 0 Å². The van der Waals surface area contributed by atoms with E-state index in [2.05, 4.69) is 42.4 Å². The molecule has 0 fully saturated rings. The summed E-state index contributed by atoms with van der Waals surface area (Å²) in [5, 5.41) is 3.97. The maximum absolute atomic E-state index is 12.0. The van der Waals surface area contributed by atoms with Gasteiger partial charge in [-0.25, -0.2) is 0 Å². The Hall–Kier alpha value is -2.01. The van der Waals surface area contributed by atoms with Gasteiger partial charge in [-0.3, -0.25) is 9.79 Å². The minimum atomic E-state index is 0.0518. The number of allylic oxidation sites excluding steroid dienone is 2. The van der Waals surface area contributed by atoms with E-state index in [9.17, 15) is 4.79 Å². The molecule has 2 rings (SSSR count). The van der Waals surface area contributed by atoms with E-state index >= 15 is 0 Å². The summed E-state index contributed by atoms with van der Waals surface area (Å²) in [6, 6.07) is 13.7. The molecule has 6 heteroatoms. The lowest BCUT2D eigenvalue weighted by Crippen LogP contribution is -2.23. The first-order valence-electron chi connectivity index (χ1n) is 10.8. The largest absolute Gasteiger partial charge is 0.356 e. The third kappa shape index (κ3) is 8.16. The zero-order chi connectivity index (χ0) is 23.3. The van der Waals surface area contributed by atoms with Crippen LogP contribution in [0.1, 0.15) is 50.7 Å². The van der Waals surface area contributed by atoms with Crippen LogP contribution in [0.15, 0.2) is 75.5 Å². The number of amides is 1. The van der Waals surface area contributed by atoms with Crippen molar-refractivity contribution in [2.75, 3.05) is 13.6 Å². The number of aliphatic imine (C=N–C) groups is 1. The van der Waals surface area contributed by atoms with E-state index in [0.717, 1.165) is 52.4 Å². The summed E-state index contributed by atoms with van der Waals surface area (Å²) < 4.78 is 0. The van der Waals surface area contributed by atoms with Gasteiger partial charge >= 0.3 is 0 Å². The summed E-state index contributed by atoms with van der Waals surface area (Å²) >= 11 is 14.0. The highest BCUT2D eigenvalue weighted by atomic mass is 35.5. The van der Waals surface area contributed by atoms with Crippen LogP contribution in [0.4, 0.5) is 0 Å². The van der Waals surface area contributed by atoms with Crippen molar-refractivity contribution in [1.82, 2.24) is 5.32 Å². The maximum Gasteiger partial charge on any atom is 0.223 e. The predicted octanol–water partition coefficient (Wildman–Crippen LogP) is 7.71. The average Bonchev–Trinajstić information content (AvgIpc) is 2.78. The van der Waals surface area contributed by atoms with Gasteiger partial charge < -0.3 is 5.32 Å². The van der Waals surface area contributed by atoms with Crippen LogP contribution in [-0.4, -0.2) is 25.2 Å². The number of hydrogen-bond acceptors (Lipinski definition) is 3. The van der Waals surface area contributed by atoms with E-state index in [1.165, 1.54) is 0 Å². The normalized spacial score (nSPS) is 12.4. The fraction of sp³-hybridized carbons (Fsp3) is 0.308. The fourth-order valence-electron chi connectivity index (χ4n) is 3.03. The van der Waals surface area contributed by atoms with Gasteiger partial charge in [0.15, 0.2) is 0 Å². The number of hydrogen-bond donors (Lipinski definition) is 1. The molecule has 0 bridgehead atoms. The maximum atomic E-state index is 12.0. The fourth-order valence-corrected chi connectivity index (χ4v) is 4.42.